The van der Waals surface area contributed by atoms with Crippen LogP contribution in [0, 0.1) is 11.8 Å². The van der Waals surface area contributed by atoms with E-state index in [1.54, 1.807) is 4.90 Å². The predicted octanol–water partition coefficient (Wildman–Crippen LogP) is 4.71. The molecule has 1 saturated heterocycles. The number of sulfonamides is 1. The van der Waals surface area contributed by atoms with Crippen molar-refractivity contribution in [3.05, 3.63) is 51.7 Å². The second-order valence-corrected chi connectivity index (χ2v) is 10.8. The van der Waals surface area contributed by atoms with Gasteiger partial charge in [-0.2, -0.15) is 30.6 Å². The molecule has 15 heteroatoms. The lowest BCUT2D eigenvalue weighted by Gasteiger charge is -2.40. The maximum Gasteiger partial charge on any atom is 0.430 e. The average Bonchev–Trinajstić information content (AvgIpc) is 2.79. The normalized spacial score (nSPS) is 18.1. The first kappa shape index (κ1) is 28.5. The SMILES string of the molecule is CC#C[C@H]1CN(S(=O)(=O)c2cnc(Cl)c(Br)c2)CCN1c1ccc(C(O)(C(F)(F)F)C(F)(F)F)cc1. The van der Waals surface area contributed by atoms with Crippen molar-refractivity contribution >= 4 is 43.2 Å². The van der Waals surface area contributed by atoms with Crippen molar-refractivity contribution in [1.82, 2.24) is 9.29 Å². The summed E-state index contributed by atoms with van der Waals surface area (Å²) in [7, 11) is -4.01. The lowest BCUT2D eigenvalue weighted by atomic mass is 9.92. The largest absolute Gasteiger partial charge is 0.430 e. The lowest BCUT2D eigenvalue weighted by Crippen LogP contribution is -2.55. The van der Waals surface area contributed by atoms with Crippen molar-refractivity contribution in [2.45, 2.75) is 35.8 Å². The highest BCUT2D eigenvalue weighted by atomic mass is 79.9. The van der Waals surface area contributed by atoms with E-state index >= 15 is 0 Å². The van der Waals surface area contributed by atoms with Gasteiger partial charge in [0.15, 0.2) is 0 Å². The highest BCUT2D eigenvalue weighted by Gasteiger charge is 2.71. The van der Waals surface area contributed by atoms with E-state index in [9.17, 15) is 39.9 Å². The Balaban J connectivity index is 1.90. The van der Waals surface area contributed by atoms with Crippen LogP contribution in [0.15, 0.2) is 45.9 Å². The van der Waals surface area contributed by atoms with Gasteiger partial charge in [-0.15, -0.1) is 5.92 Å². The molecule has 2 heterocycles. The number of aliphatic hydroxyl groups is 1. The summed E-state index contributed by atoms with van der Waals surface area (Å²) in [5.74, 6) is 5.47. The maximum atomic E-state index is 13.2. The summed E-state index contributed by atoms with van der Waals surface area (Å²) in [4.78, 5) is 5.25. The molecule has 1 N–H and O–H groups in total. The summed E-state index contributed by atoms with van der Waals surface area (Å²) in [6.45, 7) is 1.34. The Bertz CT molecular complexity index is 1280. The van der Waals surface area contributed by atoms with Crippen LogP contribution in [0.4, 0.5) is 32.0 Å². The number of rotatable bonds is 4. The third-order valence-corrected chi connectivity index (χ3v) is 8.46. The fraction of sp³-hybridized carbons (Fsp3) is 0.381. The molecule has 6 nitrogen and oxygen atoms in total. The van der Waals surface area contributed by atoms with Gasteiger partial charge in [0.05, 0.1) is 4.47 Å². The van der Waals surface area contributed by atoms with E-state index < -0.39 is 39.6 Å². The van der Waals surface area contributed by atoms with E-state index in [1.807, 2.05) is 0 Å². The van der Waals surface area contributed by atoms with E-state index in [0.717, 1.165) is 22.6 Å². The Kier molecular flexibility index (Phi) is 7.93. The van der Waals surface area contributed by atoms with Gasteiger partial charge in [0.1, 0.15) is 16.1 Å². The first-order chi connectivity index (χ1) is 16.5. The summed E-state index contributed by atoms with van der Waals surface area (Å²) in [6, 6.07) is 3.58. The standard InChI is InChI=1S/C21H17BrClF6N3O3S/c1-2-3-15-12-31(36(34,35)16-10-17(22)18(23)30-11-16)8-9-32(15)14-6-4-13(5-7-14)19(33,20(24,25)26)21(27,28)29/h4-7,10-11,15,33H,8-9,12H2,1H3/t15-/m0/s1. The Morgan fingerprint density at radius 1 is 1.11 bits per heavy atom. The number of halogens is 8. The summed E-state index contributed by atoms with van der Waals surface area (Å²) in [5, 5.41) is 9.66. The molecule has 3 rings (SSSR count). The molecule has 0 bridgehead atoms. The fourth-order valence-corrected chi connectivity index (χ4v) is 5.67. The van der Waals surface area contributed by atoms with Crippen LogP contribution in [0.3, 0.4) is 0 Å². The second-order valence-electron chi connectivity index (χ2n) is 7.66. The Morgan fingerprint density at radius 2 is 1.69 bits per heavy atom. The molecule has 1 aromatic carbocycles. The van der Waals surface area contributed by atoms with Gasteiger partial charge in [-0.3, -0.25) is 0 Å². The number of nitrogens with zero attached hydrogens (tertiary/aromatic N) is 3. The van der Waals surface area contributed by atoms with Crippen molar-refractivity contribution in [2.75, 3.05) is 24.5 Å². The highest BCUT2D eigenvalue weighted by molar-refractivity contribution is 9.10. The van der Waals surface area contributed by atoms with E-state index in [2.05, 4.69) is 32.8 Å². The minimum atomic E-state index is -6.01. The van der Waals surface area contributed by atoms with Crippen molar-refractivity contribution in [3.63, 3.8) is 0 Å². The topological polar surface area (TPSA) is 73.7 Å². The van der Waals surface area contributed by atoms with Gasteiger partial charge < -0.3 is 10.0 Å². The van der Waals surface area contributed by atoms with Crippen LogP contribution in [0.1, 0.15) is 12.5 Å². The molecule has 1 atom stereocenters. The highest BCUT2D eigenvalue weighted by Crippen LogP contribution is 2.50. The third kappa shape index (κ3) is 5.17. The monoisotopic (exact) mass is 619 g/mol. The molecule has 1 aliphatic heterocycles. The van der Waals surface area contributed by atoms with Crippen LogP contribution in [0.25, 0.3) is 0 Å². The summed E-state index contributed by atoms with van der Waals surface area (Å²) in [6.07, 6.45) is -10.9. The van der Waals surface area contributed by atoms with Crippen LogP contribution in [0.2, 0.25) is 5.15 Å². The Hall–Kier alpha value is -2.05. The molecular weight excluding hydrogens is 604 g/mol. The molecule has 36 heavy (non-hydrogen) atoms. The van der Waals surface area contributed by atoms with Gasteiger partial charge in [0.2, 0.25) is 10.0 Å². The molecular formula is C21H17BrClF6N3O3S. The number of benzene rings is 1. The average molecular weight is 621 g/mol. The number of hydrogen-bond donors (Lipinski definition) is 1. The van der Waals surface area contributed by atoms with Gasteiger partial charge >= 0.3 is 12.4 Å². The van der Waals surface area contributed by atoms with Crippen molar-refractivity contribution in [2.24, 2.45) is 0 Å². The summed E-state index contributed by atoms with van der Waals surface area (Å²) >= 11 is 8.94. The van der Waals surface area contributed by atoms with Crippen molar-refractivity contribution < 1.29 is 39.9 Å². The molecule has 0 spiro atoms. The van der Waals surface area contributed by atoms with Gasteiger partial charge in [-0.05, 0) is 41.1 Å². The molecule has 0 saturated carbocycles. The van der Waals surface area contributed by atoms with Crippen molar-refractivity contribution in [3.8, 4) is 11.8 Å². The van der Waals surface area contributed by atoms with E-state index in [1.165, 1.54) is 13.0 Å². The Labute approximate surface area is 216 Å². The maximum absolute atomic E-state index is 13.2. The first-order valence-corrected chi connectivity index (χ1v) is 12.6. The van der Waals surface area contributed by atoms with E-state index in [0.29, 0.717) is 12.1 Å². The van der Waals surface area contributed by atoms with Crippen molar-refractivity contribution in [1.29, 1.82) is 0 Å². The molecule has 0 radical (unpaired) electrons. The molecule has 1 aromatic heterocycles. The number of piperazine rings is 1. The molecule has 0 amide bonds. The number of pyridine rings is 1. The zero-order chi connectivity index (χ0) is 27.1. The smallest absolute Gasteiger partial charge is 0.369 e. The Morgan fingerprint density at radius 3 is 2.19 bits per heavy atom. The van der Waals surface area contributed by atoms with Gasteiger partial charge in [-0.25, -0.2) is 13.4 Å². The molecule has 0 aliphatic carbocycles. The number of alkyl halides is 6. The third-order valence-electron chi connectivity index (χ3n) is 5.50. The molecule has 1 fully saturated rings. The van der Waals surface area contributed by atoms with E-state index in [4.69, 9.17) is 11.6 Å². The summed E-state index contributed by atoms with van der Waals surface area (Å²) in [5.41, 5.74) is -6.24. The molecule has 196 valence electrons. The number of hydrogen-bond acceptors (Lipinski definition) is 5. The number of aromatic nitrogens is 1. The summed E-state index contributed by atoms with van der Waals surface area (Å²) < 4.78 is 107. The van der Waals surface area contributed by atoms with Gasteiger partial charge in [0.25, 0.3) is 5.60 Å². The lowest BCUT2D eigenvalue weighted by molar-refractivity contribution is -0.376. The molecule has 0 unspecified atom stereocenters. The van der Waals surface area contributed by atoms with Crippen LogP contribution >= 0.6 is 27.5 Å². The molecule has 1 aliphatic rings. The first-order valence-electron chi connectivity index (χ1n) is 10.0. The second kappa shape index (κ2) is 10.0. The van der Waals surface area contributed by atoms with Gasteiger partial charge in [-0.1, -0.05) is 29.7 Å². The minimum Gasteiger partial charge on any atom is -0.369 e. The van der Waals surface area contributed by atoms with Crippen LogP contribution in [0.5, 0.6) is 0 Å². The van der Waals surface area contributed by atoms with Gasteiger partial charge in [0, 0.05) is 37.1 Å². The molecule has 2 aromatic rings. The minimum absolute atomic E-state index is 0.0307. The van der Waals surface area contributed by atoms with Crippen LogP contribution < -0.4 is 4.90 Å². The zero-order valence-electron chi connectivity index (χ0n) is 18.2. The quantitative estimate of drug-likeness (QED) is 0.305. The van der Waals surface area contributed by atoms with Crippen LogP contribution in [-0.2, 0) is 15.6 Å². The number of anilines is 1. The van der Waals surface area contributed by atoms with Crippen LogP contribution in [-0.4, -0.2) is 60.8 Å². The van der Waals surface area contributed by atoms with E-state index in [-0.39, 0.29) is 39.8 Å². The fourth-order valence-electron chi connectivity index (χ4n) is 3.65. The zero-order valence-corrected chi connectivity index (χ0v) is 21.4. The predicted molar refractivity (Wildman–Crippen MR) is 123 cm³/mol.